The average Bonchev–Trinajstić information content (AvgIpc) is 2.70. The van der Waals surface area contributed by atoms with Crippen LogP contribution in [0.2, 0.25) is 0 Å². The summed E-state index contributed by atoms with van der Waals surface area (Å²) < 4.78 is 10.6. The number of hydrogen-bond donors (Lipinski definition) is 1. The van der Waals surface area contributed by atoms with Crippen LogP contribution in [-0.2, 0) is 11.2 Å². The summed E-state index contributed by atoms with van der Waals surface area (Å²) in [6.07, 6.45) is 0.308. The lowest BCUT2D eigenvalue weighted by atomic mass is 10.0. The van der Waals surface area contributed by atoms with Crippen molar-refractivity contribution in [1.29, 1.82) is 0 Å². The van der Waals surface area contributed by atoms with E-state index in [4.69, 9.17) is 9.47 Å². The van der Waals surface area contributed by atoms with Gasteiger partial charge in [-0.2, -0.15) is 0 Å². The minimum absolute atomic E-state index is 0.0715. The van der Waals surface area contributed by atoms with Crippen LogP contribution in [0.5, 0.6) is 11.5 Å². The predicted molar refractivity (Wildman–Crippen MR) is 108 cm³/mol. The first-order chi connectivity index (χ1) is 13.1. The van der Waals surface area contributed by atoms with Gasteiger partial charge in [0.25, 0.3) is 0 Å². The van der Waals surface area contributed by atoms with E-state index in [9.17, 15) is 4.79 Å². The summed E-state index contributed by atoms with van der Waals surface area (Å²) in [4.78, 5) is 12.5. The van der Waals surface area contributed by atoms with Gasteiger partial charge in [0.15, 0.2) is 11.5 Å². The number of carbonyl (C=O) groups is 1. The molecule has 1 N–H and O–H groups in total. The third-order valence-corrected chi connectivity index (χ3v) is 4.43. The minimum atomic E-state index is -0.0715. The molecule has 0 fully saturated rings. The molecular weight excluding hydrogens is 338 g/mol. The number of aryl methyl sites for hydroxylation is 1. The number of hydrogen-bond acceptors (Lipinski definition) is 3. The summed E-state index contributed by atoms with van der Waals surface area (Å²) in [5.74, 6) is 1.16. The summed E-state index contributed by atoms with van der Waals surface area (Å²) >= 11 is 0. The van der Waals surface area contributed by atoms with Crippen LogP contribution in [0.15, 0.2) is 66.7 Å². The molecule has 0 aliphatic heterocycles. The Bertz CT molecular complexity index is 918. The molecule has 1 amide bonds. The van der Waals surface area contributed by atoms with Crippen molar-refractivity contribution < 1.29 is 14.3 Å². The van der Waals surface area contributed by atoms with Crippen molar-refractivity contribution in [2.75, 3.05) is 19.5 Å². The van der Waals surface area contributed by atoms with Crippen molar-refractivity contribution in [3.63, 3.8) is 0 Å². The summed E-state index contributed by atoms with van der Waals surface area (Å²) in [5.41, 5.74) is 4.90. The highest BCUT2D eigenvalue weighted by Crippen LogP contribution is 2.33. The molecule has 3 aromatic rings. The van der Waals surface area contributed by atoms with Crippen molar-refractivity contribution in [2.24, 2.45) is 0 Å². The van der Waals surface area contributed by atoms with Gasteiger partial charge >= 0.3 is 0 Å². The van der Waals surface area contributed by atoms with Crippen LogP contribution >= 0.6 is 0 Å². The van der Waals surface area contributed by atoms with Crippen LogP contribution in [0.25, 0.3) is 11.1 Å². The first kappa shape index (κ1) is 18.5. The standard InChI is InChI=1S/C23H23NO3/c1-16-13-21(26-2)22(27-3)15-20(16)24-23(25)14-17-9-11-19(12-10-17)18-7-5-4-6-8-18/h4-13,15H,14H2,1-3H3,(H,24,25). The Labute approximate surface area is 159 Å². The van der Waals surface area contributed by atoms with E-state index < -0.39 is 0 Å². The van der Waals surface area contributed by atoms with Gasteiger partial charge in [0.05, 0.1) is 20.6 Å². The van der Waals surface area contributed by atoms with Gasteiger partial charge in [0.1, 0.15) is 0 Å². The van der Waals surface area contributed by atoms with Crippen LogP contribution in [0.3, 0.4) is 0 Å². The summed E-state index contributed by atoms with van der Waals surface area (Å²) in [7, 11) is 3.17. The molecular formula is C23H23NO3. The molecule has 0 saturated heterocycles. The Morgan fingerprint density at radius 3 is 2.07 bits per heavy atom. The zero-order chi connectivity index (χ0) is 19.2. The van der Waals surface area contributed by atoms with Gasteiger partial charge in [-0.1, -0.05) is 54.6 Å². The van der Waals surface area contributed by atoms with Gasteiger partial charge in [-0.15, -0.1) is 0 Å². The third kappa shape index (κ3) is 4.47. The molecule has 3 rings (SSSR count). The van der Waals surface area contributed by atoms with Crippen molar-refractivity contribution in [3.05, 3.63) is 77.9 Å². The normalized spacial score (nSPS) is 10.3. The molecule has 0 saturated carbocycles. The number of methoxy groups -OCH3 is 2. The van der Waals surface area contributed by atoms with Crippen molar-refractivity contribution in [2.45, 2.75) is 13.3 Å². The zero-order valence-corrected chi connectivity index (χ0v) is 15.8. The Hall–Kier alpha value is -3.27. The number of rotatable bonds is 6. The minimum Gasteiger partial charge on any atom is -0.493 e. The molecule has 4 heteroatoms. The molecule has 0 aliphatic carbocycles. The highest BCUT2D eigenvalue weighted by molar-refractivity contribution is 5.93. The number of amides is 1. The maximum absolute atomic E-state index is 12.5. The number of anilines is 1. The second-order valence-corrected chi connectivity index (χ2v) is 6.31. The first-order valence-electron chi connectivity index (χ1n) is 8.77. The third-order valence-electron chi connectivity index (χ3n) is 4.43. The summed E-state index contributed by atoms with van der Waals surface area (Å²) in [6, 6.07) is 21.9. The van der Waals surface area contributed by atoms with E-state index in [2.05, 4.69) is 17.4 Å². The second-order valence-electron chi connectivity index (χ2n) is 6.31. The van der Waals surface area contributed by atoms with E-state index in [0.29, 0.717) is 17.9 Å². The van der Waals surface area contributed by atoms with Gasteiger partial charge < -0.3 is 14.8 Å². The fourth-order valence-electron chi connectivity index (χ4n) is 2.94. The summed E-state index contributed by atoms with van der Waals surface area (Å²) in [6.45, 7) is 1.92. The van der Waals surface area contributed by atoms with Crippen LogP contribution in [0.4, 0.5) is 5.69 Å². The quantitative estimate of drug-likeness (QED) is 0.682. The first-order valence-corrected chi connectivity index (χ1v) is 8.77. The molecule has 0 bridgehead atoms. The summed E-state index contributed by atoms with van der Waals surface area (Å²) in [5, 5.41) is 2.96. The Morgan fingerprint density at radius 1 is 0.852 bits per heavy atom. The Kier molecular flexibility index (Phi) is 5.77. The van der Waals surface area contributed by atoms with Gasteiger partial charge in [-0.3, -0.25) is 4.79 Å². The monoisotopic (exact) mass is 361 g/mol. The van der Waals surface area contributed by atoms with Crippen molar-refractivity contribution >= 4 is 11.6 Å². The van der Waals surface area contributed by atoms with Crippen molar-refractivity contribution in [1.82, 2.24) is 0 Å². The van der Waals surface area contributed by atoms with E-state index >= 15 is 0 Å². The number of benzene rings is 3. The lowest BCUT2D eigenvalue weighted by Gasteiger charge is -2.13. The number of ether oxygens (including phenoxy) is 2. The SMILES string of the molecule is COc1cc(C)c(NC(=O)Cc2ccc(-c3ccccc3)cc2)cc1OC. The lowest BCUT2D eigenvalue weighted by molar-refractivity contribution is -0.115. The number of nitrogens with one attached hydrogen (secondary N) is 1. The van der Waals surface area contributed by atoms with Crippen molar-refractivity contribution in [3.8, 4) is 22.6 Å². The van der Waals surface area contributed by atoms with Crippen LogP contribution in [0.1, 0.15) is 11.1 Å². The second kappa shape index (κ2) is 8.41. The smallest absolute Gasteiger partial charge is 0.228 e. The van der Waals surface area contributed by atoms with E-state index in [1.165, 1.54) is 0 Å². The molecule has 0 aromatic heterocycles. The molecule has 4 nitrogen and oxygen atoms in total. The zero-order valence-electron chi connectivity index (χ0n) is 15.8. The van der Waals surface area contributed by atoms with E-state index in [1.807, 2.05) is 55.5 Å². The fourth-order valence-corrected chi connectivity index (χ4v) is 2.94. The topological polar surface area (TPSA) is 47.6 Å². The molecule has 0 radical (unpaired) electrons. The van der Waals surface area contributed by atoms with Gasteiger partial charge in [-0.05, 0) is 35.2 Å². The molecule has 0 unspecified atom stereocenters. The average molecular weight is 361 g/mol. The van der Waals surface area contributed by atoms with E-state index in [-0.39, 0.29) is 5.91 Å². The molecule has 27 heavy (non-hydrogen) atoms. The lowest BCUT2D eigenvalue weighted by Crippen LogP contribution is -2.15. The molecule has 3 aromatic carbocycles. The maximum atomic E-state index is 12.5. The molecule has 0 aliphatic rings. The Balaban J connectivity index is 1.69. The highest BCUT2D eigenvalue weighted by atomic mass is 16.5. The maximum Gasteiger partial charge on any atom is 0.228 e. The molecule has 138 valence electrons. The number of carbonyl (C=O) groups excluding carboxylic acids is 1. The van der Waals surface area contributed by atoms with Gasteiger partial charge in [0, 0.05) is 11.8 Å². The van der Waals surface area contributed by atoms with E-state index in [0.717, 1.165) is 27.9 Å². The van der Waals surface area contributed by atoms with E-state index in [1.54, 1.807) is 20.3 Å². The Morgan fingerprint density at radius 2 is 1.44 bits per heavy atom. The van der Waals surface area contributed by atoms with Gasteiger partial charge in [0.2, 0.25) is 5.91 Å². The van der Waals surface area contributed by atoms with Crippen LogP contribution in [0, 0.1) is 6.92 Å². The van der Waals surface area contributed by atoms with Crippen LogP contribution in [-0.4, -0.2) is 20.1 Å². The largest absolute Gasteiger partial charge is 0.493 e. The molecule has 0 spiro atoms. The predicted octanol–water partition coefficient (Wildman–Crippen LogP) is 4.86. The molecule has 0 atom stereocenters. The fraction of sp³-hybridized carbons (Fsp3) is 0.174. The van der Waals surface area contributed by atoms with Gasteiger partial charge in [-0.25, -0.2) is 0 Å². The highest BCUT2D eigenvalue weighted by Gasteiger charge is 2.11. The molecule has 0 heterocycles. The van der Waals surface area contributed by atoms with Crippen LogP contribution < -0.4 is 14.8 Å².